The number of hydrogen-bond acceptors (Lipinski definition) is 5. The highest BCUT2D eigenvalue weighted by Gasteiger charge is 2.27. The molecule has 0 aliphatic carbocycles. The molecular weight excluding hydrogens is 362 g/mol. The second-order valence-corrected chi connectivity index (χ2v) is 6.48. The standard InChI is InChI=1S/C21H21NO6/c1-2-17(20(24)25)22-19(23)12-27-15-9-7-13(8-10-15)18-11-14-5-3-4-6-16(14)21(26)28-18/h3-10,17-18H,2,11-12H2,1H3,(H,22,23)(H,24,25)/t17-,18-/m0/s1. The minimum absolute atomic E-state index is 0.283. The summed E-state index contributed by atoms with van der Waals surface area (Å²) in [5, 5.41) is 11.3. The monoisotopic (exact) mass is 383 g/mol. The van der Waals surface area contributed by atoms with Gasteiger partial charge < -0.3 is 19.9 Å². The topological polar surface area (TPSA) is 102 Å². The van der Waals surface area contributed by atoms with Gasteiger partial charge in [0.15, 0.2) is 6.61 Å². The zero-order chi connectivity index (χ0) is 20.1. The normalized spacial score (nSPS) is 16.5. The zero-order valence-electron chi connectivity index (χ0n) is 15.4. The SMILES string of the molecule is CC[C@H](NC(=O)COc1ccc([C@@H]2Cc3ccccc3C(=O)O2)cc1)C(=O)O. The molecule has 146 valence electrons. The maximum atomic E-state index is 12.1. The van der Waals surface area contributed by atoms with Crippen LogP contribution in [0.2, 0.25) is 0 Å². The van der Waals surface area contributed by atoms with Crippen LogP contribution < -0.4 is 10.1 Å². The van der Waals surface area contributed by atoms with Crippen LogP contribution in [-0.2, 0) is 20.7 Å². The predicted octanol–water partition coefficient (Wildman–Crippen LogP) is 2.50. The molecule has 1 amide bonds. The highest BCUT2D eigenvalue weighted by atomic mass is 16.5. The Morgan fingerprint density at radius 3 is 2.61 bits per heavy atom. The van der Waals surface area contributed by atoms with Gasteiger partial charge in [-0.15, -0.1) is 0 Å². The first kappa shape index (κ1) is 19.4. The summed E-state index contributed by atoms with van der Waals surface area (Å²) in [6.07, 6.45) is 0.512. The number of hydrogen-bond donors (Lipinski definition) is 2. The number of carboxylic acids is 1. The molecule has 0 radical (unpaired) electrons. The van der Waals surface area contributed by atoms with Gasteiger partial charge in [-0.1, -0.05) is 37.3 Å². The molecule has 0 saturated heterocycles. The molecule has 0 bridgehead atoms. The first-order chi connectivity index (χ1) is 13.5. The minimum Gasteiger partial charge on any atom is -0.484 e. The number of carbonyl (C=O) groups excluding carboxylic acids is 2. The molecule has 0 fully saturated rings. The molecule has 0 spiro atoms. The Bertz CT molecular complexity index is 877. The minimum atomic E-state index is -1.08. The van der Waals surface area contributed by atoms with Crippen molar-refractivity contribution in [2.45, 2.75) is 31.9 Å². The van der Waals surface area contributed by atoms with Crippen molar-refractivity contribution in [3.05, 3.63) is 65.2 Å². The Labute approximate surface area is 162 Å². The number of fused-ring (bicyclic) bond motifs is 1. The number of cyclic esters (lactones) is 1. The Morgan fingerprint density at radius 2 is 1.93 bits per heavy atom. The second kappa shape index (κ2) is 8.56. The van der Waals surface area contributed by atoms with Gasteiger partial charge in [-0.3, -0.25) is 4.79 Å². The van der Waals surface area contributed by atoms with Crippen molar-refractivity contribution in [1.82, 2.24) is 5.32 Å². The van der Waals surface area contributed by atoms with E-state index in [1.807, 2.05) is 18.2 Å². The fourth-order valence-corrected chi connectivity index (χ4v) is 3.02. The Balaban J connectivity index is 1.58. The smallest absolute Gasteiger partial charge is 0.339 e. The van der Waals surface area contributed by atoms with Crippen molar-refractivity contribution in [3.63, 3.8) is 0 Å². The number of aliphatic carboxylic acids is 1. The van der Waals surface area contributed by atoms with Gasteiger partial charge in [-0.2, -0.15) is 0 Å². The van der Waals surface area contributed by atoms with Crippen molar-refractivity contribution in [1.29, 1.82) is 0 Å². The number of esters is 1. The quantitative estimate of drug-likeness (QED) is 0.713. The van der Waals surface area contributed by atoms with E-state index in [1.165, 1.54) is 0 Å². The van der Waals surface area contributed by atoms with E-state index in [4.69, 9.17) is 14.6 Å². The van der Waals surface area contributed by atoms with Crippen LogP contribution in [0.3, 0.4) is 0 Å². The summed E-state index contributed by atoms with van der Waals surface area (Å²) < 4.78 is 10.9. The van der Waals surface area contributed by atoms with E-state index in [1.54, 1.807) is 37.3 Å². The molecule has 2 aromatic carbocycles. The molecule has 7 heteroatoms. The second-order valence-electron chi connectivity index (χ2n) is 6.48. The van der Waals surface area contributed by atoms with Gasteiger partial charge in [0.1, 0.15) is 17.9 Å². The van der Waals surface area contributed by atoms with E-state index in [0.29, 0.717) is 24.2 Å². The van der Waals surface area contributed by atoms with Crippen molar-refractivity contribution in [3.8, 4) is 5.75 Å². The molecule has 0 aromatic heterocycles. The van der Waals surface area contributed by atoms with Crippen LogP contribution in [0.1, 0.15) is 40.9 Å². The third-order valence-electron chi connectivity index (χ3n) is 4.56. The highest BCUT2D eigenvalue weighted by Crippen LogP contribution is 2.31. The molecule has 3 rings (SSSR count). The number of benzene rings is 2. The van der Waals surface area contributed by atoms with E-state index in [0.717, 1.165) is 11.1 Å². The average molecular weight is 383 g/mol. The fraction of sp³-hybridized carbons (Fsp3) is 0.286. The molecule has 28 heavy (non-hydrogen) atoms. The third-order valence-corrected chi connectivity index (χ3v) is 4.56. The summed E-state index contributed by atoms with van der Waals surface area (Å²) in [5.74, 6) is -1.46. The number of rotatable bonds is 7. The van der Waals surface area contributed by atoms with Crippen molar-refractivity contribution in [2.24, 2.45) is 0 Å². The number of amides is 1. The van der Waals surface area contributed by atoms with E-state index in [2.05, 4.69) is 5.32 Å². The van der Waals surface area contributed by atoms with E-state index < -0.39 is 17.9 Å². The van der Waals surface area contributed by atoms with Gasteiger partial charge in [0.25, 0.3) is 5.91 Å². The van der Waals surface area contributed by atoms with Crippen molar-refractivity contribution >= 4 is 17.8 Å². The third kappa shape index (κ3) is 4.49. The van der Waals surface area contributed by atoms with Gasteiger partial charge in [0.2, 0.25) is 0 Å². The molecule has 2 aromatic rings. The molecule has 1 heterocycles. The molecule has 0 unspecified atom stereocenters. The lowest BCUT2D eigenvalue weighted by molar-refractivity contribution is -0.142. The van der Waals surface area contributed by atoms with Gasteiger partial charge in [0.05, 0.1) is 5.56 Å². The molecule has 1 aliphatic heterocycles. The number of carbonyl (C=O) groups is 3. The van der Waals surface area contributed by atoms with Gasteiger partial charge >= 0.3 is 11.9 Å². The number of nitrogens with one attached hydrogen (secondary N) is 1. The van der Waals surface area contributed by atoms with E-state index in [-0.39, 0.29) is 18.7 Å². The first-order valence-electron chi connectivity index (χ1n) is 9.01. The summed E-state index contributed by atoms with van der Waals surface area (Å²) in [5.41, 5.74) is 2.37. The maximum Gasteiger partial charge on any atom is 0.339 e. The lowest BCUT2D eigenvalue weighted by Gasteiger charge is -2.25. The van der Waals surface area contributed by atoms with E-state index >= 15 is 0 Å². The number of carboxylic acid groups (broad SMARTS) is 1. The zero-order valence-corrected chi connectivity index (χ0v) is 15.4. The van der Waals surface area contributed by atoms with Crippen LogP contribution in [0.4, 0.5) is 0 Å². The average Bonchev–Trinajstić information content (AvgIpc) is 2.70. The molecular formula is C21H21NO6. The molecule has 7 nitrogen and oxygen atoms in total. The predicted molar refractivity (Wildman–Crippen MR) is 100 cm³/mol. The van der Waals surface area contributed by atoms with Crippen LogP contribution >= 0.6 is 0 Å². The lowest BCUT2D eigenvalue weighted by atomic mass is 9.95. The summed E-state index contributed by atoms with van der Waals surface area (Å²) in [7, 11) is 0. The summed E-state index contributed by atoms with van der Waals surface area (Å²) >= 11 is 0. The van der Waals surface area contributed by atoms with Gasteiger partial charge in [0, 0.05) is 6.42 Å². The number of ether oxygens (including phenoxy) is 2. The Morgan fingerprint density at radius 1 is 1.21 bits per heavy atom. The molecule has 2 atom stereocenters. The summed E-state index contributed by atoms with van der Waals surface area (Å²) in [6.45, 7) is 1.39. The van der Waals surface area contributed by atoms with Crippen molar-refractivity contribution < 1.29 is 29.0 Å². The molecule has 1 aliphatic rings. The van der Waals surface area contributed by atoms with Gasteiger partial charge in [-0.05, 0) is 35.7 Å². The summed E-state index contributed by atoms with van der Waals surface area (Å²) in [4.78, 5) is 34.9. The molecule has 0 saturated carbocycles. The lowest BCUT2D eigenvalue weighted by Crippen LogP contribution is -2.42. The Hall–Kier alpha value is -3.35. The van der Waals surface area contributed by atoms with Gasteiger partial charge in [-0.25, -0.2) is 9.59 Å². The maximum absolute atomic E-state index is 12.1. The summed E-state index contributed by atoms with van der Waals surface area (Å²) in [6, 6.07) is 13.4. The first-order valence-corrected chi connectivity index (χ1v) is 9.01. The molecule has 2 N–H and O–H groups in total. The van der Waals surface area contributed by atoms with Crippen LogP contribution in [0.25, 0.3) is 0 Å². The fourth-order valence-electron chi connectivity index (χ4n) is 3.02. The Kier molecular flexibility index (Phi) is 5.93. The van der Waals surface area contributed by atoms with Crippen LogP contribution in [-0.4, -0.2) is 35.6 Å². The van der Waals surface area contributed by atoms with Crippen LogP contribution in [0.15, 0.2) is 48.5 Å². The van der Waals surface area contributed by atoms with Crippen molar-refractivity contribution in [2.75, 3.05) is 6.61 Å². The highest BCUT2D eigenvalue weighted by molar-refractivity contribution is 5.92. The largest absolute Gasteiger partial charge is 0.484 e. The van der Waals surface area contributed by atoms with Crippen LogP contribution in [0, 0.1) is 0 Å². The van der Waals surface area contributed by atoms with Crippen LogP contribution in [0.5, 0.6) is 5.75 Å². The van der Waals surface area contributed by atoms with E-state index in [9.17, 15) is 14.4 Å².